The lowest BCUT2D eigenvalue weighted by Crippen LogP contribution is -2.66. The van der Waals surface area contributed by atoms with Gasteiger partial charge in [0.05, 0.1) is 0 Å². The molecule has 0 bridgehead atoms. The van der Waals surface area contributed by atoms with Gasteiger partial charge in [0.2, 0.25) is 0 Å². The van der Waals surface area contributed by atoms with E-state index in [9.17, 15) is 0 Å². The van der Waals surface area contributed by atoms with Gasteiger partial charge in [-0.15, -0.1) is 5.70 Å². The molecular weight excluding hydrogens is 304 g/mol. The van der Waals surface area contributed by atoms with Crippen molar-refractivity contribution in [2.24, 2.45) is 0 Å². The Hall–Kier alpha value is 0.311. The molecule has 0 amide bonds. The lowest BCUT2D eigenvalue weighted by Gasteiger charge is -2.45. The van der Waals surface area contributed by atoms with Gasteiger partial charge in [-0.1, -0.05) is 73.8 Å². The Morgan fingerprint density at radius 1 is 0.857 bits per heavy atom. The second-order valence-corrected chi connectivity index (χ2v) is 20.1. The van der Waals surface area contributed by atoms with Crippen LogP contribution in [0.15, 0.2) is 11.8 Å². The van der Waals surface area contributed by atoms with Gasteiger partial charge in [-0.05, 0) is 16.5 Å². The zero-order valence-corrected chi connectivity index (χ0v) is 20.4. The topological polar surface area (TPSA) is 24.1 Å². The first-order chi connectivity index (χ1) is 9.14. The fourth-order valence-corrected chi connectivity index (χ4v) is 5.14. The van der Waals surface area contributed by atoms with Gasteiger partial charge in [-0.25, -0.2) is 0 Å². The summed E-state index contributed by atoms with van der Waals surface area (Å²) in [7, 11) is -1.83. The fourth-order valence-electron chi connectivity index (χ4n) is 1.73. The summed E-state index contributed by atoms with van der Waals surface area (Å²) in [6.45, 7) is 24.1. The van der Waals surface area contributed by atoms with E-state index < -0.39 is 16.5 Å². The second-order valence-electron chi connectivity index (χ2n) is 9.40. The van der Waals surface area contributed by atoms with Crippen LogP contribution in [0.4, 0.5) is 0 Å². The van der Waals surface area contributed by atoms with Gasteiger partial charge >= 0.3 is 0 Å². The number of hydrogen-bond donors (Lipinski definition) is 2. The quantitative estimate of drug-likeness (QED) is 0.566. The van der Waals surface area contributed by atoms with Crippen LogP contribution in [0.5, 0.6) is 0 Å². The SMILES string of the molecule is CC(C)(C)[Si](C)(C)NC(CC=C[SiH3])N[Si](C)(C)C(C)(C)C. The Balaban J connectivity index is 5.16. The van der Waals surface area contributed by atoms with Crippen LogP contribution >= 0.6 is 0 Å². The van der Waals surface area contributed by atoms with Crippen molar-refractivity contribution in [1.29, 1.82) is 0 Å². The molecule has 0 heterocycles. The normalized spacial score (nSPS) is 15.4. The predicted molar refractivity (Wildman–Crippen MR) is 108 cm³/mol. The third-order valence-electron chi connectivity index (χ3n) is 5.43. The van der Waals surface area contributed by atoms with Gasteiger partial charge in [-0.2, -0.15) is 0 Å². The van der Waals surface area contributed by atoms with Gasteiger partial charge in [0.15, 0.2) is 0 Å². The summed E-state index contributed by atoms with van der Waals surface area (Å²) in [5.41, 5.74) is 2.30. The smallest absolute Gasteiger partial charge is 0.126 e. The minimum absolute atomic E-state index is 0.366. The summed E-state index contributed by atoms with van der Waals surface area (Å²) in [4.78, 5) is 8.05. The van der Waals surface area contributed by atoms with Crippen LogP contribution < -0.4 is 9.96 Å². The van der Waals surface area contributed by atoms with E-state index in [1.54, 1.807) is 0 Å². The van der Waals surface area contributed by atoms with Crippen molar-refractivity contribution in [3.05, 3.63) is 11.8 Å². The molecular formula is C16H40N2Si3. The lowest BCUT2D eigenvalue weighted by atomic mass is 10.2. The Morgan fingerprint density at radius 3 is 1.43 bits per heavy atom. The molecule has 0 fully saturated rings. The monoisotopic (exact) mass is 344 g/mol. The maximum atomic E-state index is 4.02. The van der Waals surface area contributed by atoms with Crippen molar-refractivity contribution in [3.8, 4) is 0 Å². The molecule has 126 valence electrons. The van der Waals surface area contributed by atoms with Crippen molar-refractivity contribution in [1.82, 2.24) is 9.96 Å². The average Bonchev–Trinajstić information content (AvgIpc) is 2.21. The predicted octanol–water partition coefficient (Wildman–Crippen LogP) is 3.77. The Morgan fingerprint density at radius 2 is 1.19 bits per heavy atom. The highest BCUT2D eigenvalue weighted by Gasteiger charge is 2.40. The second kappa shape index (κ2) is 7.25. The highest BCUT2D eigenvalue weighted by molar-refractivity contribution is 6.79. The first-order valence-corrected chi connectivity index (χ1v) is 15.5. The van der Waals surface area contributed by atoms with E-state index in [0.717, 1.165) is 16.7 Å². The third-order valence-corrected chi connectivity index (χ3v) is 15.5. The summed E-state index contributed by atoms with van der Waals surface area (Å²) in [6.07, 6.45) is 3.86. The fraction of sp³-hybridized carbons (Fsp3) is 0.875. The third kappa shape index (κ3) is 6.52. The molecule has 0 rings (SSSR count). The van der Waals surface area contributed by atoms with Crippen LogP contribution in [0.2, 0.25) is 36.3 Å². The van der Waals surface area contributed by atoms with Crippen molar-refractivity contribution < 1.29 is 0 Å². The van der Waals surface area contributed by atoms with Crippen LogP contribution in [0, 0.1) is 0 Å². The van der Waals surface area contributed by atoms with Gasteiger partial charge in [-0.3, -0.25) is 0 Å². The Kier molecular flexibility index (Phi) is 7.36. The van der Waals surface area contributed by atoms with Crippen molar-refractivity contribution in [2.45, 2.75) is 90.4 Å². The first-order valence-electron chi connectivity index (χ1n) is 8.30. The molecule has 0 aliphatic carbocycles. The van der Waals surface area contributed by atoms with E-state index in [4.69, 9.17) is 0 Å². The number of hydrogen-bond acceptors (Lipinski definition) is 2. The first kappa shape index (κ1) is 21.3. The largest absolute Gasteiger partial charge is 0.323 e. The summed E-state index contributed by atoms with van der Waals surface area (Å²) in [6, 6.07) is 0. The number of nitrogens with one attached hydrogen (secondary N) is 2. The van der Waals surface area contributed by atoms with E-state index >= 15 is 0 Å². The van der Waals surface area contributed by atoms with Gasteiger partial charge in [0.25, 0.3) is 0 Å². The highest BCUT2D eigenvalue weighted by Crippen LogP contribution is 2.36. The zero-order valence-electron chi connectivity index (χ0n) is 16.4. The molecule has 0 saturated heterocycles. The summed E-state index contributed by atoms with van der Waals surface area (Å²) in [5.74, 6) is 0. The molecule has 5 heteroatoms. The van der Waals surface area contributed by atoms with E-state index in [-0.39, 0.29) is 0 Å². The molecule has 0 atom stereocenters. The van der Waals surface area contributed by atoms with E-state index in [2.05, 4.69) is 89.5 Å². The minimum Gasteiger partial charge on any atom is -0.323 e. The molecule has 0 aliphatic heterocycles. The standard InChI is InChI=1S/C16H40N2Si3/c1-15(2,3)20(7,8)17-14(12-11-13-19)18-21(9,10)16(4,5)6/h11,13-14,17-18H,12H2,1-10,19H3. The zero-order chi connectivity index (χ0) is 17.1. The van der Waals surface area contributed by atoms with Gasteiger partial charge in [0, 0.05) is 16.4 Å². The summed E-state index contributed by atoms with van der Waals surface area (Å²) >= 11 is 0. The molecule has 0 aromatic carbocycles. The number of rotatable bonds is 6. The molecule has 0 saturated carbocycles. The van der Waals surface area contributed by atoms with Crippen LogP contribution in [-0.4, -0.2) is 32.9 Å². The van der Waals surface area contributed by atoms with Crippen LogP contribution in [0.3, 0.4) is 0 Å². The molecule has 2 nitrogen and oxygen atoms in total. The molecule has 0 radical (unpaired) electrons. The van der Waals surface area contributed by atoms with Crippen LogP contribution in [0.25, 0.3) is 0 Å². The minimum atomic E-state index is -1.49. The summed E-state index contributed by atoms with van der Waals surface area (Å²) < 4.78 is 0. The maximum Gasteiger partial charge on any atom is 0.126 e. The van der Waals surface area contributed by atoms with Crippen LogP contribution in [-0.2, 0) is 0 Å². The molecule has 0 aromatic rings. The maximum absolute atomic E-state index is 4.02. The van der Waals surface area contributed by atoms with E-state index in [0.29, 0.717) is 16.2 Å². The van der Waals surface area contributed by atoms with Gasteiger partial charge in [0.1, 0.15) is 16.5 Å². The average molecular weight is 345 g/mol. The lowest BCUT2D eigenvalue weighted by molar-refractivity contribution is 0.536. The van der Waals surface area contributed by atoms with Crippen molar-refractivity contribution in [2.75, 3.05) is 0 Å². The summed E-state index contributed by atoms with van der Waals surface area (Å²) in [5, 5.41) is 0.732. The molecule has 0 aromatic heterocycles. The van der Waals surface area contributed by atoms with Crippen molar-refractivity contribution >= 4 is 26.7 Å². The molecule has 0 unspecified atom stereocenters. The van der Waals surface area contributed by atoms with Gasteiger partial charge < -0.3 is 9.96 Å². The Labute approximate surface area is 139 Å². The highest BCUT2D eigenvalue weighted by atomic mass is 28.3. The molecule has 0 spiro atoms. The molecule has 21 heavy (non-hydrogen) atoms. The van der Waals surface area contributed by atoms with E-state index in [1.807, 2.05) is 0 Å². The molecule has 0 aliphatic rings. The molecule has 2 N–H and O–H groups in total. The van der Waals surface area contributed by atoms with E-state index in [1.165, 1.54) is 0 Å². The van der Waals surface area contributed by atoms with Crippen LogP contribution in [0.1, 0.15) is 48.0 Å². The van der Waals surface area contributed by atoms with Crippen molar-refractivity contribution in [3.63, 3.8) is 0 Å². The Bertz CT molecular complexity index is 322.